The van der Waals surface area contributed by atoms with Gasteiger partial charge in [0.15, 0.2) is 0 Å². The summed E-state index contributed by atoms with van der Waals surface area (Å²) in [6.07, 6.45) is 0. The zero-order valence-corrected chi connectivity index (χ0v) is 6.58. The lowest BCUT2D eigenvalue weighted by molar-refractivity contribution is 0.737. The minimum absolute atomic E-state index is 0.380. The minimum atomic E-state index is -0.550. The fraction of sp³-hybridized carbons (Fsp3) is 1.00. The van der Waals surface area contributed by atoms with Gasteiger partial charge in [-0.2, -0.15) is 0 Å². The van der Waals surface area contributed by atoms with Crippen LogP contribution < -0.4 is 5.40 Å². The molecule has 7 heavy (non-hydrogen) atoms. The van der Waals surface area contributed by atoms with Gasteiger partial charge in [-0.05, 0) is 5.04 Å². The lowest BCUT2D eigenvalue weighted by Gasteiger charge is -2.19. The Morgan fingerprint density at radius 2 is 1.43 bits per heavy atom. The molecule has 0 rings (SSSR count). The molecule has 0 saturated heterocycles. The van der Waals surface area contributed by atoms with Crippen LogP contribution in [0, 0.1) is 0 Å². The molecule has 1 radical (unpaired) electrons. The first kappa shape index (κ1) is 7.18. The average Bonchev–Trinajstić information content (AvgIpc) is 1.31. The minimum Gasteiger partial charge on any atom is -0.351 e. The SMILES string of the molecule is C[Si](N)C(C)(C)C. The highest BCUT2D eigenvalue weighted by Gasteiger charge is 2.17. The molecule has 0 saturated carbocycles. The Morgan fingerprint density at radius 3 is 1.43 bits per heavy atom. The van der Waals surface area contributed by atoms with Crippen molar-refractivity contribution in [2.45, 2.75) is 32.4 Å². The van der Waals surface area contributed by atoms with Gasteiger partial charge in [-0.3, -0.25) is 0 Å². The zero-order valence-electron chi connectivity index (χ0n) is 5.58. The Kier molecular flexibility index (Phi) is 2.02. The van der Waals surface area contributed by atoms with Crippen LogP contribution in [0.4, 0.5) is 0 Å². The third-order valence-corrected chi connectivity index (χ3v) is 3.55. The van der Waals surface area contributed by atoms with Crippen LogP contribution in [0.1, 0.15) is 20.8 Å². The van der Waals surface area contributed by atoms with Gasteiger partial charge in [0.1, 0.15) is 8.96 Å². The first-order valence-corrected chi connectivity index (χ1v) is 4.62. The molecular formula is C5H14NSi. The first-order chi connectivity index (χ1) is 2.94. The van der Waals surface area contributed by atoms with E-state index in [9.17, 15) is 0 Å². The molecule has 0 unspecified atom stereocenters. The predicted octanol–water partition coefficient (Wildman–Crippen LogP) is 1.37. The summed E-state index contributed by atoms with van der Waals surface area (Å²) in [7, 11) is -0.550. The van der Waals surface area contributed by atoms with Crippen molar-refractivity contribution in [3.63, 3.8) is 0 Å². The van der Waals surface area contributed by atoms with E-state index < -0.39 is 8.96 Å². The van der Waals surface area contributed by atoms with Gasteiger partial charge in [-0.15, -0.1) is 0 Å². The molecule has 1 nitrogen and oxygen atoms in total. The van der Waals surface area contributed by atoms with Crippen molar-refractivity contribution < 1.29 is 0 Å². The Balaban J connectivity index is 3.54. The van der Waals surface area contributed by atoms with Gasteiger partial charge >= 0.3 is 0 Å². The molecule has 0 atom stereocenters. The number of hydrogen-bond donors (Lipinski definition) is 1. The molecule has 0 aliphatic heterocycles. The molecule has 0 aromatic heterocycles. The Labute approximate surface area is 47.6 Å². The molecule has 0 amide bonds. The summed E-state index contributed by atoms with van der Waals surface area (Å²) in [6.45, 7) is 8.68. The van der Waals surface area contributed by atoms with E-state index in [0.717, 1.165) is 0 Å². The van der Waals surface area contributed by atoms with Crippen LogP contribution >= 0.6 is 0 Å². The summed E-state index contributed by atoms with van der Waals surface area (Å²) in [5, 5.41) is 6.05. The lowest BCUT2D eigenvalue weighted by atomic mass is 10.3. The second kappa shape index (κ2) is 1.97. The topological polar surface area (TPSA) is 26.0 Å². The first-order valence-electron chi connectivity index (χ1n) is 2.54. The highest BCUT2D eigenvalue weighted by molar-refractivity contribution is 6.56. The fourth-order valence-corrected chi connectivity index (χ4v) is 0. The fourth-order valence-electron chi connectivity index (χ4n) is 0. The molecule has 0 spiro atoms. The van der Waals surface area contributed by atoms with Crippen LogP contribution in [-0.2, 0) is 0 Å². The second-order valence-corrected chi connectivity index (χ2v) is 5.80. The third kappa shape index (κ3) is 2.82. The summed E-state index contributed by atoms with van der Waals surface area (Å²) >= 11 is 0. The number of nitrogens with two attached hydrogens (primary N) is 1. The Morgan fingerprint density at radius 1 is 1.29 bits per heavy atom. The Hall–Kier alpha value is 0.177. The molecule has 2 N–H and O–H groups in total. The highest BCUT2D eigenvalue weighted by atomic mass is 28.3. The van der Waals surface area contributed by atoms with Crippen LogP contribution in [0.25, 0.3) is 0 Å². The third-order valence-electron chi connectivity index (χ3n) is 1.18. The molecule has 0 fully saturated rings. The van der Waals surface area contributed by atoms with Gasteiger partial charge in [0.05, 0.1) is 0 Å². The molecule has 0 aromatic rings. The van der Waals surface area contributed by atoms with Gasteiger partial charge in [-0.25, -0.2) is 0 Å². The van der Waals surface area contributed by atoms with Crippen molar-refractivity contribution >= 4 is 8.96 Å². The van der Waals surface area contributed by atoms with E-state index >= 15 is 0 Å². The van der Waals surface area contributed by atoms with Gasteiger partial charge in [0, 0.05) is 0 Å². The molecule has 0 aliphatic carbocycles. The molecule has 0 heterocycles. The highest BCUT2D eigenvalue weighted by Crippen LogP contribution is 2.22. The molecule has 0 aromatic carbocycles. The second-order valence-electron chi connectivity index (χ2n) is 2.93. The molecule has 2 heteroatoms. The number of rotatable bonds is 0. The summed E-state index contributed by atoms with van der Waals surface area (Å²) < 4.78 is 0. The summed E-state index contributed by atoms with van der Waals surface area (Å²) in [5.41, 5.74) is 0. The van der Waals surface area contributed by atoms with Crippen LogP contribution in [0.2, 0.25) is 11.6 Å². The van der Waals surface area contributed by atoms with Gasteiger partial charge < -0.3 is 5.40 Å². The lowest BCUT2D eigenvalue weighted by Crippen LogP contribution is -2.31. The summed E-state index contributed by atoms with van der Waals surface area (Å²) in [6, 6.07) is 0. The maximum atomic E-state index is 5.67. The standard InChI is InChI=1S/C5H14NSi/c1-5(2,3)7(4)6/h6H2,1-4H3. The van der Waals surface area contributed by atoms with Crippen LogP contribution in [0.5, 0.6) is 0 Å². The molecule has 43 valence electrons. The smallest absolute Gasteiger partial charge is 0.133 e. The van der Waals surface area contributed by atoms with Crippen LogP contribution in [0.3, 0.4) is 0 Å². The van der Waals surface area contributed by atoms with Crippen molar-refractivity contribution in [1.82, 2.24) is 0 Å². The Bertz CT molecular complexity index is 53.6. The van der Waals surface area contributed by atoms with Crippen LogP contribution in [-0.4, -0.2) is 8.96 Å². The van der Waals surface area contributed by atoms with Crippen molar-refractivity contribution in [2.75, 3.05) is 0 Å². The molecular weight excluding hydrogens is 102 g/mol. The van der Waals surface area contributed by atoms with E-state index in [4.69, 9.17) is 5.40 Å². The van der Waals surface area contributed by atoms with Gasteiger partial charge in [-0.1, -0.05) is 27.3 Å². The van der Waals surface area contributed by atoms with Crippen molar-refractivity contribution in [1.29, 1.82) is 0 Å². The average molecular weight is 116 g/mol. The largest absolute Gasteiger partial charge is 0.351 e. The maximum Gasteiger partial charge on any atom is 0.133 e. The molecule has 0 aliphatic rings. The van der Waals surface area contributed by atoms with Crippen LogP contribution in [0.15, 0.2) is 0 Å². The van der Waals surface area contributed by atoms with E-state index in [1.165, 1.54) is 0 Å². The van der Waals surface area contributed by atoms with E-state index in [2.05, 4.69) is 27.3 Å². The van der Waals surface area contributed by atoms with E-state index in [-0.39, 0.29) is 0 Å². The quantitative estimate of drug-likeness (QED) is 0.475. The monoisotopic (exact) mass is 116 g/mol. The maximum absolute atomic E-state index is 5.67. The van der Waals surface area contributed by atoms with Gasteiger partial charge in [0.2, 0.25) is 0 Å². The molecule has 0 bridgehead atoms. The normalized spacial score (nSPS) is 12.9. The zero-order chi connectivity index (χ0) is 6.08. The predicted molar refractivity (Wildman–Crippen MR) is 35.5 cm³/mol. The van der Waals surface area contributed by atoms with Crippen molar-refractivity contribution in [3.05, 3.63) is 0 Å². The van der Waals surface area contributed by atoms with Crippen molar-refractivity contribution in [2.24, 2.45) is 5.40 Å². The van der Waals surface area contributed by atoms with Gasteiger partial charge in [0.25, 0.3) is 0 Å². The summed E-state index contributed by atoms with van der Waals surface area (Å²) in [4.78, 5) is 0. The number of hydrogen-bond acceptors (Lipinski definition) is 1. The summed E-state index contributed by atoms with van der Waals surface area (Å²) in [5.74, 6) is 0. The van der Waals surface area contributed by atoms with E-state index in [0.29, 0.717) is 5.04 Å². The van der Waals surface area contributed by atoms with E-state index in [1.54, 1.807) is 0 Å². The van der Waals surface area contributed by atoms with E-state index in [1.807, 2.05) is 0 Å². The van der Waals surface area contributed by atoms with Crippen molar-refractivity contribution in [3.8, 4) is 0 Å².